The largest absolute Gasteiger partial charge is 0.384 e. The highest BCUT2D eigenvalue weighted by atomic mass is 32.1. The molecule has 1 aromatic carbocycles. The van der Waals surface area contributed by atoms with Gasteiger partial charge in [0.25, 0.3) is 0 Å². The van der Waals surface area contributed by atoms with Gasteiger partial charge in [-0.25, -0.2) is 4.79 Å². The van der Waals surface area contributed by atoms with Gasteiger partial charge in [0.2, 0.25) is 0 Å². The van der Waals surface area contributed by atoms with Gasteiger partial charge in [-0.1, -0.05) is 18.2 Å². The van der Waals surface area contributed by atoms with E-state index >= 15 is 0 Å². The molecule has 0 aliphatic carbocycles. The molecular formula is C18H21N3O2S. The fourth-order valence-corrected chi connectivity index (χ4v) is 3.35. The smallest absolute Gasteiger partial charge is 0.314 e. The summed E-state index contributed by atoms with van der Waals surface area (Å²) in [4.78, 5) is 15.2. The second kappa shape index (κ2) is 7.07. The van der Waals surface area contributed by atoms with Crippen LogP contribution in [-0.2, 0) is 12.0 Å². The zero-order valence-electron chi connectivity index (χ0n) is 13.5. The summed E-state index contributed by atoms with van der Waals surface area (Å²) in [6.07, 6.45) is 0.725. The van der Waals surface area contributed by atoms with Crippen LogP contribution < -0.4 is 10.6 Å². The molecule has 2 amide bonds. The number of para-hydroxylation sites is 1. The highest BCUT2D eigenvalue weighted by Crippen LogP contribution is 2.21. The van der Waals surface area contributed by atoms with Gasteiger partial charge in [0.15, 0.2) is 0 Å². The van der Waals surface area contributed by atoms with Crippen molar-refractivity contribution in [2.45, 2.75) is 18.9 Å². The number of rotatable bonds is 6. The molecule has 1 unspecified atom stereocenters. The molecule has 3 rings (SSSR count). The summed E-state index contributed by atoms with van der Waals surface area (Å²) in [6, 6.07) is 11.8. The number of aromatic amines is 1. The Morgan fingerprint density at radius 3 is 2.88 bits per heavy atom. The maximum absolute atomic E-state index is 11.9. The number of benzene rings is 1. The molecule has 5 nitrogen and oxygen atoms in total. The van der Waals surface area contributed by atoms with Crippen LogP contribution in [-0.4, -0.2) is 29.2 Å². The third-order valence-electron chi connectivity index (χ3n) is 4.00. The van der Waals surface area contributed by atoms with Crippen molar-refractivity contribution in [3.63, 3.8) is 0 Å². The summed E-state index contributed by atoms with van der Waals surface area (Å²) in [5.74, 6) is 0. The average molecular weight is 343 g/mol. The van der Waals surface area contributed by atoms with Crippen LogP contribution in [0.3, 0.4) is 0 Å². The number of carbonyl (C=O) groups is 1. The van der Waals surface area contributed by atoms with E-state index in [1.165, 1.54) is 16.7 Å². The Morgan fingerprint density at radius 1 is 1.29 bits per heavy atom. The Kier molecular flexibility index (Phi) is 4.87. The quantitative estimate of drug-likeness (QED) is 0.555. The summed E-state index contributed by atoms with van der Waals surface area (Å²) < 4.78 is 0. The number of carbonyl (C=O) groups excluding carboxylic acids is 1. The first-order valence-electron chi connectivity index (χ1n) is 7.88. The summed E-state index contributed by atoms with van der Waals surface area (Å²) in [6.45, 7) is 2.39. The Morgan fingerprint density at radius 2 is 2.12 bits per heavy atom. The van der Waals surface area contributed by atoms with Gasteiger partial charge in [-0.15, -0.1) is 0 Å². The molecule has 2 heterocycles. The second-order valence-electron chi connectivity index (χ2n) is 6.03. The van der Waals surface area contributed by atoms with Gasteiger partial charge in [-0.2, -0.15) is 11.3 Å². The van der Waals surface area contributed by atoms with Crippen molar-refractivity contribution >= 4 is 28.3 Å². The van der Waals surface area contributed by atoms with Crippen LogP contribution in [0.1, 0.15) is 18.2 Å². The molecule has 0 saturated carbocycles. The molecule has 0 aliphatic heterocycles. The number of fused-ring (bicyclic) bond motifs is 1. The fourth-order valence-electron chi connectivity index (χ4n) is 2.57. The molecule has 0 bridgehead atoms. The first kappa shape index (κ1) is 16.5. The van der Waals surface area contributed by atoms with E-state index in [9.17, 15) is 9.90 Å². The first-order valence-corrected chi connectivity index (χ1v) is 8.82. The molecule has 0 saturated heterocycles. The minimum Gasteiger partial charge on any atom is -0.384 e. The van der Waals surface area contributed by atoms with Crippen molar-refractivity contribution in [1.82, 2.24) is 15.6 Å². The summed E-state index contributed by atoms with van der Waals surface area (Å²) in [5.41, 5.74) is 1.94. The van der Waals surface area contributed by atoms with E-state index in [2.05, 4.69) is 27.8 Å². The van der Waals surface area contributed by atoms with Gasteiger partial charge in [-0.05, 0) is 46.8 Å². The molecule has 24 heavy (non-hydrogen) atoms. The minimum atomic E-state index is -1.06. The topological polar surface area (TPSA) is 77.2 Å². The van der Waals surface area contributed by atoms with Crippen molar-refractivity contribution in [2.24, 2.45) is 0 Å². The van der Waals surface area contributed by atoms with E-state index in [0.29, 0.717) is 6.54 Å². The summed E-state index contributed by atoms with van der Waals surface area (Å²) in [7, 11) is 0. The summed E-state index contributed by atoms with van der Waals surface area (Å²) >= 11 is 1.52. The monoisotopic (exact) mass is 343 g/mol. The zero-order valence-corrected chi connectivity index (χ0v) is 14.3. The molecule has 2 aromatic heterocycles. The lowest BCUT2D eigenvalue weighted by atomic mass is 9.99. The molecule has 1 atom stereocenters. The third-order valence-corrected chi connectivity index (χ3v) is 4.69. The lowest BCUT2D eigenvalue weighted by molar-refractivity contribution is 0.0598. The van der Waals surface area contributed by atoms with Crippen molar-refractivity contribution in [1.29, 1.82) is 0 Å². The van der Waals surface area contributed by atoms with E-state index in [-0.39, 0.29) is 12.6 Å². The van der Waals surface area contributed by atoms with Gasteiger partial charge >= 0.3 is 6.03 Å². The van der Waals surface area contributed by atoms with E-state index in [1.54, 1.807) is 6.92 Å². The van der Waals surface area contributed by atoms with Crippen LogP contribution >= 0.6 is 11.3 Å². The Balaban J connectivity index is 1.44. The molecule has 0 radical (unpaired) electrons. The van der Waals surface area contributed by atoms with Crippen molar-refractivity contribution in [2.75, 3.05) is 13.1 Å². The normalized spacial score (nSPS) is 13.6. The second-order valence-corrected chi connectivity index (χ2v) is 6.81. The lowest BCUT2D eigenvalue weighted by Crippen LogP contribution is -2.43. The number of aliphatic hydroxyl groups is 1. The lowest BCUT2D eigenvalue weighted by Gasteiger charge is -2.22. The number of hydrogen-bond acceptors (Lipinski definition) is 3. The predicted molar refractivity (Wildman–Crippen MR) is 97.3 cm³/mol. The van der Waals surface area contributed by atoms with Crippen molar-refractivity contribution in [3.05, 3.63) is 58.4 Å². The van der Waals surface area contributed by atoms with Crippen LogP contribution in [0.15, 0.2) is 47.2 Å². The molecule has 0 fully saturated rings. The number of hydrogen-bond donors (Lipinski definition) is 4. The molecule has 3 aromatic rings. The van der Waals surface area contributed by atoms with Crippen molar-refractivity contribution < 1.29 is 9.90 Å². The van der Waals surface area contributed by atoms with E-state index in [1.807, 2.05) is 35.0 Å². The van der Waals surface area contributed by atoms with Crippen LogP contribution in [0, 0.1) is 0 Å². The van der Waals surface area contributed by atoms with Crippen LogP contribution in [0.25, 0.3) is 10.9 Å². The Hall–Kier alpha value is -2.31. The highest BCUT2D eigenvalue weighted by Gasteiger charge is 2.24. The summed E-state index contributed by atoms with van der Waals surface area (Å²) in [5, 5.41) is 20.9. The predicted octanol–water partition coefficient (Wildman–Crippen LogP) is 2.98. The zero-order chi connectivity index (χ0) is 17.0. The molecule has 126 valence electrons. The SMILES string of the molecule is CC(O)(CNC(=O)NCCc1cc2ccccc2[nH]1)c1ccsc1. The molecular weight excluding hydrogens is 322 g/mol. The number of H-pyrrole nitrogens is 1. The van der Waals surface area contributed by atoms with Gasteiger partial charge in [0, 0.05) is 24.2 Å². The molecule has 0 spiro atoms. The Labute approximate surface area is 144 Å². The standard InChI is InChI=1S/C18H21N3O2S/c1-18(23,14-7-9-24-11-14)12-20-17(22)19-8-6-15-10-13-4-2-3-5-16(13)21-15/h2-5,7,9-11,21,23H,6,8,12H2,1H3,(H2,19,20,22). The molecule has 0 aliphatic rings. The highest BCUT2D eigenvalue weighted by molar-refractivity contribution is 7.08. The Bertz CT molecular complexity index is 776. The molecule has 6 heteroatoms. The van der Waals surface area contributed by atoms with Gasteiger partial charge < -0.3 is 20.7 Å². The van der Waals surface area contributed by atoms with E-state index in [0.717, 1.165) is 23.2 Å². The van der Waals surface area contributed by atoms with Crippen molar-refractivity contribution in [3.8, 4) is 0 Å². The van der Waals surface area contributed by atoms with Crippen LogP contribution in [0.2, 0.25) is 0 Å². The van der Waals surface area contributed by atoms with Gasteiger partial charge in [0.05, 0.1) is 6.54 Å². The van der Waals surface area contributed by atoms with E-state index in [4.69, 9.17) is 0 Å². The van der Waals surface area contributed by atoms with Crippen LogP contribution in [0.4, 0.5) is 4.79 Å². The number of aromatic nitrogens is 1. The maximum Gasteiger partial charge on any atom is 0.314 e. The fraction of sp³-hybridized carbons (Fsp3) is 0.278. The average Bonchev–Trinajstić information content (AvgIpc) is 3.22. The number of nitrogens with one attached hydrogen (secondary N) is 3. The van der Waals surface area contributed by atoms with Crippen LogP contribution in [0.5, 0.6) is 0 Å². The third kappa shape index (κ3) is 3.96. The van der Waals surface area contributed by atoms with Gasteiger partial charge in [0.1, 0.15) is 5.60 Å². The van der Waals surface area contributed by atoms with E-state index < -0.39 is 5.60 Å². The number of thiophene rings is 1. The molecule has 4 N–H and O–H groups in total. The first-order chi connectivity index (χ1) is 11.5. The number of amides is 2. The number of urea groups is 1. The van der Waals surface area contributed by atoms with Gasteiger partial charge in [-0.3, -0.25) is 0 Å². The minimum absolute atomic E-state index is 0.169. The maximum atomic E-state index is 11.9.